The Hall–Kier alpha value is -3.28. The second-order valence-electron chi connectivity index (χ2n) is 7.51. The van der Waals surface area contributed by atoms with Gasteiger partial charge in [0.05, 0.1) is 24.6 Å². The van der Waals surface area contributed by atoms with E-state index in [-0.39, 0.29) is 5.56 Å². The smallest absolute Gasteiger partial charge is 0.297 e. The van der Waals surface area contributed by atoms with Crippen LogP contribution in [0.4, 0.5) is 5.69 Å². The summed E-state index contributed by atoms with van der Waals surface area (Å²) in [5.74, 6) is 1.81. The molecule has 0 aliphatic carbocycles. The van der Waals surface area contributed by atoms with Gasteiger partial charge >= 0.3 is 0 Å². The molecule has 0 unspecified atom stereocenters. The summed E-state index contributed by atoms with van der Waals surface area (Å²) in [5.41, 5.74) is 2.70. The largest absolute Gasteiger partial charge is 0.490 e. The normalized spacial score (nSPS) is 11.4. The maximum Gasteiger partial charge on any atom is 0.297 e. The maximum absolute atomic E-state index is 13.0. The lowest BCUT2D eigenvalue weighted by Crippen LogP contribution is -2.19. The molecule has 3 aromatic rings. The van der Waals surface area contributed by atoms with Crippen molar-refractivity contribution in [2.45, 2.75) is 27.7 Å². The first-order chi connectivity index (χ1) is 14.4. The van der Waals surface area contributed by atoms with Crippen molar-refractivity contribution in [3.63, 3.8) is 0 Å². The van der Waals surface area contributed by atoms with Crippen LogP contribution in [0.3, 0.4) is 0 Å². The zero-order valence-electron chi connectivity index (χ0n) is 18.3. The van der Waals surface area contributed by atoms with Gasteiger partial charge in [-0.05, 0) is 55.7 Å². The van der Waals surface area contributed by atoms with Crippen LogP contribution >= 0.6 is 0 Å². The third-order valence-corrected chi connectivity index (χ3v) is 4.71. The van der Waals surface area contributed by atoms with E-state index >= 15 is 0 Å². The van der Waals surface area contributed by atoms with E-state index in [1.165, 1.54) is 0 Å². The van der Waals surface area contributed by atoms with E-state index in [0.717, 1.165) is 16.9 Å². The van der Waals surface area contributed by atoms with E-state index in [1.807, 2.05) is 74.1 Å². The highest BCUT2D eigenvalue weighted by molar-refractivity contribution is 5.83. The highest BCUT2D eigenvalue weighted by atomic mass is 16.5. The fourth-order valence-electron chi connectivity index (χ4n) is 3.09. The van der Waals surface area contributed by atoms with Gasteiger partial charge in [0.1, 0.15) is 0 Å². The number of rotatable bonds is 8. The molecule has 1 heterocycles. The van der Waals surface area contributed by atoms with Crippen LogP contribution in [0.2, 0.25) is 0 Å². The molecule has 3 rings (SSSR count). The van der Waals surface area contributed by atoms with Crippen molar-refractivity contribution in [2.75, 3.05) is 13.2 Å². The molecule has 0 bridgehead atoms. The van der Waals surface area contributed by atoms with E-state index in [2.05, 4.69) is 18.8 Å². The number of ether oxygens (including phenoxy) is 2. The number of nitrogens with zero attached hydrogens (tertiary/aromatic N) is 3. The summed E-state index contributed by atoms with van der Waals surface area (Å²) in [5, 5.41) is 0. The zero-order valence-corrected chi connectivity index (χ0v) is 18.3. The molecule has 0 atom stereocenters. The molecule has 0 radical (unpaired) electrons. The number of aromatic nitrogens is 2. The molecule has 0 fully saturated rings. The molecule has 2 aromatic carbocycles. The van der Waals surface area contributed by atoms with Crippen LogP contribution < -0.4 is 15.0 Å². The molecular weight excluding hydrogens is 378 g/mol. The Balaban J connectivity index is 1.92. The number of hydrogen-bond donors (Lipinski definition) is 0. The highest BCUT2D eigenvalue weighted by Crippen LogP contribution is 2.29. The minimum atomic E-state index is -0.153. The molecule has 0 saturated carbocycles. The molecule has 6 heteroatoms. The Bertz CT molecular complexity index is 1080. The van der Waals surface area contributed by atoms with E-state index in [1.54, 1.807) is 10.9 Å². The van der Waals surface area contributed by atoms with Crippen LogP contribution in [0.15, 0.2) is 58.3 Å². The number of hydrogen-bond acceptors (Lipinski definition) is 4. The minimum absolute atomic E-state index is 0.153. The van der Waals surface area contributed by atoms with Crippen LogP contribution in [-0.2, 0) is 7.05 Å². The van der Waals surface area contributed by atoms with Gasteiger partial charge in [0.25, 0.3) is 5.56 Å². The van der Waals surface area contributed by atoms with Crippen molar-refractivity contribution >= 4 is 11.9 Å². The fraction of sp³-hybridized carbons (Fsp3) is 0.333. The van der Waals surface area contributed by atoms with Crippen molar-refractivity contribution in [3.8, 4) is 17.2 Å². The first-order valence-electron chi connectivity index (χ1n) is 10.2. The summed E-state index contributed by atoms with van der Waals surface area (Å²) in [6, 6.07) is 15.2. The standard InChI is InChI=1S/C24H29N3O3/c1-6-29-22-14-19(12-13-21(22)30-16-17(2)3)15-25-23-18(4)26(5)27(24(23)28)20-10-8-7-9-11-20/h7-15,17H,6,16H2,1-5H3. The lowest BCUT2D eigenvalue weighted by Gasteiger charge is -2.13. The second kappa shape index (κ2) is 9.48. The first-order valence-corrected chi connectivity index (χ1v) is 10.2. The third-order valence-electron chi connectivity index (χ3n) is 4.71. The average Bonchev–Trinajstić information content (AvgIpc) is 2.94. The molecule has 0 saturated heterocycles. The molecule has 0 aliphatic heterocycles. The topological polar surface area (TPSA) is 57.8 Å². The quantitative estimate of drug-likeness (QED) is 0.510. The van der Waals surface area contributed by atoms with Gasteiger partial charge in [-0.1, -0.05) is 32.0 Å². The molecule has 0 spiro atoms. The lowest BCUT2D eigenvalue weighted by molar-refractivity contribution is 0.248. The Morgan fingerprint density at radius 1 is 1.07 bits per heavy atom. The summed E-state index contributed by atoms with van der Waals surface area (Å²) in [6.07, 6.45) is 1.69. The average molecular weight is 408 g/mol. The molecule has 30 heavy (non-hydrogen) atoms. The molecule has 0 aliphatic rings. The van der Waals surface area contributed by atoms with Gasteiger partial charge < -0.3 is 9.47 Å². The van der Waals surface area contributed by atoms with Gasteiger partial charge in [-0.15, -0.1) is 0 Å². The van der Waals surface area contributed by atoms with Crippen LogP contribution in [0.25, 0.3) is 5.69 Å². The lowest BCUT2D eigenvalue weighted by atomic mass is 10.2. The van der Waals surface area contributed by atoms with Gasteiger partial charge in [0, 0.05) is 13.3 Å². The number of aliphatic imine (C=N–C) groups is 1. The van der Waals surface area contributed by atoms with Crippen LogP contribution in [0.5, 0.6) is 11.5 Å². The first kappa shape index (κ1) is 21.4. The van der Waals surface area contributed by atoms with Crippen molar-refractivity contribution in [1.29, 1.82) is 0 Å². The molecule has 1 aromatic heterocycles. The van der Waals surface area contributed by atoms with Crippen molar-refractivity contribution < 1.29 is 9.47 Å². The monoisotopic (exact) mass is 407 g/mol. The van der Waals surface area contributed by atoms with Crippen molar-refractivity contribution in [1.82, 2.24) is 9.36 Å². The van der Waals surface area contributed by atoms with E-state index < -0.39 is 0 Å². The van der Waals surface area contributed by atoms with Gasteiger partial charge in [-0.25, -0.2) is 9.67 Å². The van der Waals surface area contributed by atoms with Gasteiger partial charge in [-0.2, -0.15) is 0 Å². The van der Waals surface area contributed by atoms with E-state index in [4.69, 9.17) is 9.47 Å². The van der Waals surface area contributed by atoms with Crippen LogP contribution in [0.1, 0.15) is 32.0 Å². The summed E-state index contributed by atoms with van der Waals surface area (Å²) in [7, 11) is 1.86. The maximum atomic E-state index is 13.0. The van der Waals surface area contributed by atoms with Crippen molar-refractivity contribution in [3.05, 3.63) is 70.1 Å². The molecule has 158 valence electrons. The Morgan fingerprint density at radius 2 is 1.80 bits per heavy atom. The summed E-state index contributed by atoms with van der Waals surface area (Å²) < 4.78 is 15.0. The number of para-hydroxylation sites is 1. The molecular formula is C24H29N3O3. The van der Waals surface area contributed by atoms with Gasteiger partial charge in [0.15, 0.2) is 17.2 Å². The second-order valence-corrected chi connectivity index (χ2v) is 7.51. The fourth-order valence-corrected chi connectivity index (χ4v) is 3.09. The van der Waals surface area contributed by atoms with Gasteiger partial charge in [0.2, 0.25) is 0 Å². The van der Waals surface area contributed by atoms with E-state index in [9.17, 15) is 4.79 Å². The molecule has 0 N–H and O–H groups in total. The SMILES string of the molecule is CCOc1cc(C=Nc2c(C)n(C)n(-c3ccccc3)c2=O)ccc1OCC(C)C. The van der Waals surface area contributed by atoms with Gasteiger partial charge in [-0.3, -0.25) is 9.48 Å². The van der Waals surface area contributed by atoms with Crippen molar-refractivity contribution in [2.24, 2.45) is 18.0 Å². The Labute approximate surface area is 177 Å². The summed E-state index contributed by atoms with van der Waals surface area (Å²) in [6.45, 7) is 9.19. The van der Waals surface area contributed by atoms with E-state index in [0.29, 0.717) is 36.3 Å². The zero-order chi connectivity index (χ0) is 21.7. The summed E-state index contributed by atoms with van der Waals surface area (Å²) in [4.78, 5) is 17.5. The predicted molar refractivity (Wildman–Crippen MR) is 121 cm³/mol. The summed E-state index contributed by atoms with van der Waals surface area (Å²) >= 11 is 0. The number of benzene rings is 2. The van der Waals surface area contributed by atoms with Crippen LogP contribution in [0, 0.1) is 12.8 Å². The Morgan fingerprint density at radius 3 is 2.47 bits per heavy atom. The minimum Gasteiger partial charge on any atom is -0.490 e. The highest BCUT2D eigenvalue weighted by Gasteiger charge is 2.15. The Kier molecular flexibility index (Phi) is 6.77. The molecule has 0 amide bonds. The third kappa shape index (κ3) is 4.64. The van der Waals surface area contributed by atoms with Crippen LogP contribution in [-0.4, -0.2) is 28.8 Å². The predicted octanol–water partition coefficient (Wildman–Crippen LogP) is 4.67. The molecule has 6 nitrogen and oxygen atoms in total.